The third-order valence-electron chi connectivity index (χ3n) is 4.26. The van der Waals surface area contributed by atoms with Gasteiger partial charge in [-0.25, -0.2) is 14.8 Å². The summed E-state index contributed by atoms with van der Waals surface area (Å²) in [7, 11) is 1.39. The summed E-state index contributed by atoms with van der Waals surface area (Å²) >= 11 is 0. The summed E-state index contributed by atoms with van der Waals surface area (Å²) in [5.74, 6) is 1.70. The second kappa shape index (κ2) is 13.7. The number of amidine groups is 1. The van der Waals surface area contributed by atoms with Gasteiger partial charge < -0.3 is 20.9 Å². The number of nitrogen functional groups attached to an aromatic ring is 1. The van der Waals surface area contributed by atoms with Gasteiger partial charge in [-0.3, -0.25) is 5.41 Å². The van der Waals surface area contributed by atoms with Crippen LogP contribution < -0.4 is 16.2 Å². The molecule has 2 aromatic rings. The molecule has 0 unspecified atom stereocenters. The van der Waals surface area contributed by atoms with Crippen molar-refractivity contribution >= 4 is 24.0 Å². The maximum atomic E-state index is 11.6. The SMILES string of the molecule is CC.COC(=O)c1cc(C)ccc1OCCC1CC1.N=CN=C(N)c1cccc(N)n1. The van der Waals surface area contributed by atoms with Crippen LogP contribution in [-0.4, -0.2) is 36.8 Å². The average Bonchev–Trinajstić information content (AvgIpc) is 3.60. The van der Waals surface area contributed by atoms with E-state index in [4.69, 9.17) is 26.4 Å². The van der Waals surface area contributed by atoms with Gasteiger partial charge in [0.15, 0.2) is 5.84 Å². The molecule has 31 heavy (non-hydrogen) atoms. The van der Waals surface area contributed by atoms with Crippen molar-refractivity contribution in [1.82, 2.24) is 4.98 Å². The number of aryl methyl sites for hydroxylation is 1. The van der Waals surface area contributed by atoms with E-state index in [1.165, 1.54) is 20.0 Å². The second-order valence-electron chi connectivity index (χ2n) is 6.66. The molecule has 0 amide bonds. The van der Waals surface area contributed by atoms with Gasteiger partial charge in [-0.15, -0.1) is 0 Å². The zero-order chi connectivity index (χ0) is 23.2. The van der Waals surface area contributed by atoms with E-state index in [1.807, 2.05) is 32.9 Å². The van der Waals surface area contributed by atoms with E-state index >= 15 is 0 Å². The smallest absolute Gasteiger partial charge is 0.341 e. The summed E-state index contributed by atoms with van der Waals surface area (Å²) < 4.78 is 10.4. The molecule has 0 atom stereocenters. The fourth-order valence-corrected chi connectivity index (χ4v) is 2.51. The lowest BCUT2D eigenvalue weighted by atomic mass is 10.1. The minimum atomic E-state index is -0.338. The van der Waals surface area contributed by atoms with Crippen molar-refractivity contribution in [2.75, 3.05) is 19.5 Å². The summed E-state index contributed by atoms with van der Waals surface area (Å²) in [5.41, 5.74) is 12.9. The summed E-state index contributed by atoms with van der Waals surface area (Å²) in [6, 6.07) is 10.6. The lowest BCUT2D eigenvalue weighted by Crippen LogP contribution is -2.15. The number of aromatic nitrogens is 1. The molecule has 1 aromatic heterocycles. The summed E-state index contributed by atoms with van der Waals surface area (Å²) in [4.78, 5) is 19.1. The number of anilines is 1. The zero-order valence-electron chi connectivity index (χ0n) is 18.7. The first-order valence-corrected chi connectivity index (χ1v) is 10.3. The van der Waals surface area contributed by atoms with E-state index in [2.05, 4.69) is 9.98 Å². The summed E-state index contributed by atoms with van der Waals surface area (Å²) in [5, 5.41) is 6.68. The molecule has 5 N–H and O–H groups in total. The van der Waals surface area contributed by atoms with Gasteiger partial charge in [0.2, 0.25) is 0 Å². The Balaban J connectivity index is 0.000000303. The molecule has 0 aliphatic heterocycles. The Morgan fingerprint density at radius 3 is 2.58 bits per heavy atom. The van der Waals surface area contributed by atoms with Gasteiger partial charge in [-0.05, 0) is 43.5 Å². The van der Waals surface area contributed by atoms with Gasteiger partial charge >= 0.3 is 5.97 Å². The number of carbonyl (C=O) groups excluding carboxylic acids is 1. The number of methoxy groups -OCH3 is 1. The molecule has 1 aliphatic rings. The highest BCUT2D eigenvalue weighted by Gasteiger charge is 2.21. The highest BCUT2D eigenvalue weighted by Crippen LogP contribution is 2.32. The van der Waals surface area contributed by atoms with Crippen molar-refractivity contribution in [3.63, 3.8) is 0 Å². The summed E-state index contributed by atoms with van der Waals surface area (Å²) in [6.45, 7) is 6.62. The number of pyridine rings is 1. The number of rotatable bonds is 7. The maximum absolute atomic E-state index is 11.6. The molecule has 1 saturated carbocycles. The van der Waals surface area contributed by atoms with Crippen molar-refractivity contribution in [3.8, 4) is 5.75 Å². The highest BCUT2D eigenvalue weighted by molar-refractivity contribution is 5.99. The van der Waals surface area contributed by atoms with Crippen molar-refractivity contribution in [3.05, 3.63) is 53.2 Å². The molecule has 0 bridgehead atoms. The minimum Gasteiger partial charge on any atom is -0.493 e. The van der Waals surface area contributed by atoms with E-state index in [1.54, 1.807) is 24.3 Å². The third-order valence-corrected chi connectivity index (χ3v) is 4.26. The predicted octanol–water partition coefficient (Wildman–Crippen LogP) is 3.96. The lowest BCUT2D eigenvalue weighted by Gasteiger charge is -2.10. The number of hydrogen-bond acceptors (Lipinski definition) is 6. The van der Waals surface area contributed by atoms with Crippen LogP contribution in [0, 0.1) is 18.3 Å². The predicted molar refractivity (Wildman–Crippen MR) is 125 cm³/mol. The number of carbonyl (C=O) groups is 1. The molecule has 8 nitrogen and oxygen atoms in total. The topological polar surface area (TPSA) is 137 Å². The fourth-order valence-electron chi connectivity index (χ4n) is 2.51. The number of aliphatic imine (C=N–C) groups is 1. The Labute approximate surface area is 184 Å². The Bertz CT molecular complexity index is 879. The molecular formula is C23H33N5O3. The maximum Gasteiger partial charge on any atom is 0.341 e. The Morgan fingerprint density at radius 1 is 1.29 bits per heavy atom. The molecule has 0 saturated heterocycles. The van der Waals surface area contributed by atoms with Crippen LogP contribution in [0.2, 0.25) is 0 Å². The monoisotopic (exact) mass is 427 g/mol. The number of benzene rings is 1. The Morgan fingerprint density at radius 2 is 2.00 bits per heavy atom. The average molecular weight is 428 g/mol. The minimum absolute atomic E-state index is 0.192. The number of nitrogens with zero attached hydrogens (tertiary/aromatic N) is 2. The van der Waals surface area contributed by atoms with Crippen LogP contribution in [0.15, 0.2) is 41.4 Å². The van der Waals surface area contributed by atoms with Crippen LogP contribution in [0.5, 0.6) is 5.75 Å². The van der Waals surface area contributed by atoms with Crippen LogP contribution in [-0.2, 0) is 4.74 Å². The van der Waals surface area contributed by atoms with Gasteiger partial charge in [-0.1, -0.05) is 44.4 Å². The highest BCUT2D eigenvalue weighted by atomic mass is 16.5. The number of nitrogens with one attached hydrogen (secondary N) is 1. The van der Waals surface area contributed by atoms with Crippen LogP contribution in [0.25, 0.3) is 0 Å². The Hall–Kier alpha value is -3.42. The molecule has 1 fully saturated rings. The standard InChI is InChI=1S/C14H18O3.C7H9N5.C2H6/c1-10-3-6-13(12(9-10)14(15)16-2)17-8-7-11-4-5-11;8-4-11-7(10)5-2-1-3-6(9)12-5;1-2/h3,6,9,11H,4-5,7-8H2,1-2H3;1-4H,(H2,9,12)(H3,8,10,11);1-2H3. The van der Waals surface area contributed by atoms with Crippen LogP contribution >= 0.6 is 0 Å². The van der Waals surface area contributed by atoms with E-state index in [-0.39, 0.29) is 11.8 Å². The van der Waals surface area contributed by atoms with Crippen LogP contribution in [0.4, 0.5) is 5.82 Å². The zero-order valence-corrected chi connectivity index (χ0v) is 18.7. The largest absolute Gasteiger partial charge is 0.493 e. The second-order valence-corrected chi connectivity index (χ2v) is 6.66. The van der Waals surface area contributed by atoms with E-state index < -0.39 is 0 Å². The molecule has 1 aromatic carbocycles. The van der Waals surface area contributed by atoms with E-state index in [9.17, 15) is 4.79 Å². The molecule has 1 aliphatic carbocycles. The number of ether oxygens (including phenoxy) is 2. The molecule has 8 heteroatoms. The first-order chi connectivity index (χ1) is 14.9. The molecule has 1 heterocycles. The summed E-state index contributed by atoms with van der Waals surface area (Å²) in [6.07, 6.45) is 4.58. The van der Waals surface area contributed by atoms with Gasteiger partial charge in [0.25, 0.3) is 0 Å². The fraction of sp³-hybridized carbons (Fsp3) is 0.391. The quantitative estimate of drug-likeness (QED) is 0.347. The van der Waals surface area contributed by atoms with Crippen molar-refractivity contribution in [2.24, 2.45) is 16.6 Å². The molecule has 0 spiro atoms. The number of esters is 1. The lowest BCUT2D eigenvalue weighted by molar-refractivity contribution is 0.0595. The van der Waals surface area contributed by atoms with E-state index in [0.717, 1.165) is 24.2 Å². The van der Waals surface area contributed by atoms with Crippen LogP contribution in [0.3, 0.4) is 0 Å². The molecular weight excluding hydrogens is 394 g/mol. The van der Waals surface area contributed by atoms with Gasteiger partial charge in [0, 0.05) is 0 Å². The van der Waals surface area contributed by atoms with Gasteiger partial charge in [0.1, 0.15) is 29.2 Å². The molecule has 3 rings (SSSR count). The molecule has 0 radical (unpaired) electrons. The van der Waals surface area contributed by atoms with E-state index in [0.29, 0.717) is 29.4 Å². The van der Waals surface area contributed by atoms with Crippen LogP contribution in [0.1, 0.15) is 54.7 Å². The van der Waals surface area contributed by atoms with Gasteiger partial charge in [-0.2, -0.15) is 0 Å². The van der Waals surface area contributed by atoms with Crippen molar-refractivity contribution < 1.29 is 14.3 Å². The normalized spacial score (nSPS) is 12.5. The van der Waals surface area contributed by atoms with Crippen molar-refractivity contribution in [2.45, 2.75) is 40.0 Å². The molecule has 168 valence electrons. The third kappa shape index (κ3) is 9.29. The Kier molecular flexibility index (Phi) is 11.4. The first kappa shape index (κ1) is 25.6. The number of hydrogen-bond donors (Lipinski definition) is 3. The number of nitrogens with two attached hydrogens (primary N) is 2. The van der Waals surface area contributed by atoms with Gasteiger partial charge in [0.05, 0.1) is 13.7 Å². The first-order valence-electron chi connectivity index (χ1n) is 10.3. The van der Waals surface area contributed by atoms with Crippen molar-refractivity contribution in [1.29, 1.82) is 5.41 Å².